The van der Waals surface area contributed by atoms with Crippen molar-refractivity contribution in [3.63, 3.8) is 0 Å². The molecule has 0 radical (unpaired) electrons. The predicted molar refractivity (Wildman–Crippen MR) is 73.1 cm³/mol. The molecule has 1 atom stereocenters. The average molecular weight is 242 g/mol. The number of hydrogen-bond donors (Lipinski definition) is 1. The molecule has 2 N–H and O–H groups in total. The summed E-state index contributed by atoms with van der Waals surface area (Å²) < 4.78 is 5.41. The molecule has 0 aromatic heterocycles. The monoisotopic (exact) mass is 242 g/mol. The zero-order chi connectivity index (χ0) is 12.7. The highest BCUT2D eigenvalue weighted by molar-refractivity contribution is 4.79. The van der Waals surface area contributed by atoms with E-state index in [4.69, 9.17) is 10.5 Å². The molecule has 0 amide bonds. The first-order chi connectivity index (χ1) is 8.22. The molecule has 102 valence electrons. The van der Waals surface area contributed by atoms with E-state index >= 15 is 0 Å². The summed E-state index contributed by atoms with van der Waals surface area (Å²) in [4.78, 5) is 2.49. The number of nitrogens with two attached hydrogens (primary N) is 1. The van der Waals surface area contributed by atoms with Gasteiger partial charge in [0.2, 0.25) is 0 Å². The van der Waals surface area contributed by atoms with Gasteiger partial charge in [-0.15, -0.1) is 0 Å². The van der Waals surface area contributed by atoms with Gasteiger partial charge in [-0.3, -0.25) is 0 Å². The summed E-state index contributed by atoms with van der Waals surface area (Å²) in [6.07, 6.45) is 4.89. The second kappa shape index (κ2) is 8.06. The molecular formula is C14H30N2O. The van der Waals surface area contributed by atoms with Crippen LogP contribution in [-0.2, 0) is 4.74 Å². The lowest BCUT2D eigenvalue weighted by Crippen LogP contribution is -2.45. The average Bonchev–Trinajstić information content (AvgIpc) is 2.36. The Kier molecular flexibility index (Phi) is 7.09. The van der Waals surface area contributed by atoms with Crippen molar-refractivity contribution in [1.29, 1.82) is 0 Å². The molecule has 1 saturated heterocycles. The van der Waals surface area contributed by atoms with Crippen LogP contribution < -0.4 is 5.73 Å². The van der Waals surface area contributed by atoms with E-state index in [1.54, 1.807) is 0 Å². The number of likely N-dealkylation sites (N-methyl/N-ethyl adjacent to an activating group) is 1. The molecule has 1 aliphatic rings. The van der Waals surface area contributed by atoms with E-state index in [1.807, 2.05) is 0 Å². The Balaban J connectivity index is 2.43. The molecule has 0 saturated carbocycles. The molecule has 0 aromatic rings. The Morgan fingerprint density at radius 1 is 1.24 bits per heavy atom. The zero-order valence-electron chi connectivity index (χ0n) is 11.8. The van der Waals surface area contributed by atoms with Gasteiger partial charge in [0.1, 0.15) is 0 Å². The van der Waals surface area contributed by atoms with Gasteiger partial charge in [0.15, 0.2) is 0 Å². The van der Waals surface area contributed by atoms with E-state index in [9.17, 15) is 0 Å². The molecule has 3 heteroatoms. The highest BCUT2D eigenvalue weighted by Gasteiger charge is 2.24. The van der Waals surface area contributed by atoms with Crippen LogP contribution in [0.25, 0.3) is 0 Å². The van der Waals surface area contributed by atoms with Crippen LogP contribution in [0.4, 0.5) is 0 Å². The molecule has 1 rings (SSSR count). The van der Waals surface area contributed by atoms with Crippen molar-refractivity contribution in [3.05, 3.63) is 0 Å². The van der Waals surface area contributed by atoms with E-state index < -0.39 is 0 Å². The Labute approximate surface area is 107 Å². The summed E-state index contributed by atoms with van der Waals surface area (Å²) in [6.45, 7) is 8.40. The molecule has 0 aliphatic carbocycles. The summed E-state index contributed by atoms with van der Waals surface area (Å²) in [5, 5.41) is 0. The van der Waals surface area contributed by atoms with Crippen LogP contribution in [0.1, 0.15) is 39.5 Å². The lowest BCUT2D eigenvalue weighted by Gasteiger charge is -2.36. The van der Waals surface area contributed by atoms with E-state index in [2.05, 4.69) is 25.8 Å². The predicted octanol–water partition coefficient (Wildman–Crippen LogP) is 2.11. The van der Waals surface area contributed by atoms with Crippen LogP contribution in [-0.4, -0.2) is 44.3 Å². The number of rotatable bonds is 7. The SMILES string of the molecule is CCC(CC)C(CN)N(C)CC1CCOCC1. The van der Waals surface area contributed by atoms with Crippen LogP contribution in [0.15, 0.2) is 0 Å². The molecule has 0 spiro atoms. The maximum absolute atomic E-state index is 5.96. The highest BCUT2D eigenvalue weighted by Crippen LogP contribution is 2.21. The van der Waals surface area contributed by atoms with Gasteiger partial charge < -0.3 is 15.4 Å². The largest absolute Gasteiger partial charge is 0.381 e. The summed E-state index contributed by atoms with van der Waals surface area (Å²) in [5.41, 5.74) is 5.96. The molecule has 1 unspecified atom stereocenters. The first-order valence-electron chi connectivity index (χ1n) is 7.20. The van der Waals surface area contributed by atoms with E-state index in [-0.39, 0.29) is 0 Å². The van der Waals surface area contributed by atoms with Gasteiger partial charge in [-0.25, -0.2) is 0 Å². The first kappa shape index (κ1) is 14.9. The van der Waals surface area contributed by atoms with Gasteiger partial charge in [0.25, 0.3) is 0 Å². The third-order valence-corrected chi connectivity index (χ3v) is 4.29. The van der Waals surface area contributed by atoms with Crippen LogP contribution in [0.5, 0.6) is 0 Å². The van der Waals surface area contributed by atoms with Gasteiger partial charge >= 0.3 is 0 Å². The van der Waals surface area contributed by atoms with Crippen molar-refractivity contribution in [2.75, 3.05) is 33.4 Å². The van der Waals surface area contributed by atoms with Crippen LogP contribution in [0, 0.1) is 11.8 Å². The smallest absolute Gasteiger partial charge is 0.0469 e. The van der Waals surface area contributed by atoms with Crippen molar-refractivity contribution in [3.8, 4) is 0 Å². The van der Waals surface area contributed by atoms with Crippen LogP contribution >= 0.6 is 0 Å². The van der Waals surface area contributed by atoms with E-state index in [0.717, 1.165) is 31.6 Å². The van der Waals surface area contributed by atoms with Crippen LogP contribution in [0.3, 0.4) is 0 Å². The lowest BCUT2D eigenvalue weighted by molar-refractivity contribution is 0.0453. The third kappa shape index (κ3) is 4.57. The lowest BCUT2D eigenvalue weighted by atomic mass is 9.91. The number of ether oxygens (including phenoxy) is 1. The molecule has 1 aliphatic heterocycles. The fourth-order valence-electron chi connectivity index (χ4n) is 3.04. The van der Waals surface area contributed by atoms with Gasteiger partial charge in [-0.1, -0.05) is 26.7 Å². The van der Waals surface area contributed by atoms with Gasteiger partial charge in [-0.2, -0.15) is 0 Å². The third-order valence-electron chi connectivity index (χ3n) is 4.29. The van der Waals surface area contributed by atoms with Crippen LogP contribution in [0.2, 0.25) is 0 Å². The summed E-state index contributed by atoms with van der Waals surface area (Å²) in [5.74, 6) is 1.54. The molecule has 17 heavy (non-hydrogen) atoms. The maximum Gasteiger partial charge on any atom is 0.0469 e. The summed E-state index contributed by atoms with van der Waals surface area (Å²) in [7, 11) is 2.24. The first-order valence-corrected chi connectivity index (χ1v) is 7.20. The van der Waals surface area contributed by atoms with Crippen molar-refractivity contribution >= 4 is 0 Å². The maximum atomic E-state index is 5.96. The second-order valence-corrected chi connectivity index (χ2v) is 5.37. The molecule has 1 fully saturated rings. The standard InChI is InChI=1S/C14H30N2O/c1-4-13(5-2)14(10-15)16(3)11-12-6-8-17-9-7-12/h12-14H,4-11,15H2,1-3H3. The van der Waals surface area contributed by atoms with Crippen molar-refractivity contribution < 1.29 is 4.74 Å². The minimum atomic E-state index is 0.549. The molecular weight excluding hydrogens is 212 g/mol. The van der Waals surface area contributed by atoms with Crippen molar-refractivity contribution in [2.45, 2.75) is 45.6 Å². The van der Waals surface area contributed by atoms with Crippen molar-refractivity contribution in [1.82, 2.24) is 4.90 Å². The zero-order valence-corrected chi connectivity index (χ0v) is 11.8. The van der Waals surface area contributed by atoms with Gasteiger partial charge in [0.05, 0.1) is 0 Å². The minimum absolute atomic E-state index is 0.549. The highest BCUT2D eigenvalue weighted by atomic mass is 16.5. The van der Waals surface area contributed by atoms with Gasteiger partial charge in [0, 0.05) is 32.3 Å². The Morgan fingerprint density at radius 3 is 2.29 bits per heavy atom. The molecule has 1 heterocycles. The van der Waals surface area contributed by atoms with E-state index in [0.29, 0.717) is 6.04 Å². The van der Waals surface area contributed by atoms with Crippen molar-refractivity contribution in [2.24, 2.45) is 17.6 Å². The fraction of sp³-hybridized carbons (Fsp3) is 1.00. The minimum Gasteiger partial charge on any atom is -0.381 e. The molecule has 0 bridgehead atoms. The Morgan fingerprint density at radius 2 is 1.82 bits per heavy atom. The fourth-order valence-corrected chi connectivity index (χ4v) is 3.04. The number of nitrogens with zero attached hydrogens (tertiary/aromatic N) is 1. The number of hydrogen-bond acceptors (Lipinski definition) is 3. The Bertz CT molecular complexity index is 189. The topological polar surface area (TPSA) is 38.5 Å². The molecule has 0 aromatic carbocycles. The Hall–Kier alpha value is -0.120. The second-order valence-electron chi connectivity index (χ2n) is 5.37. The molecule has 3 nitrogen and oxygen atoms in total. The van der Waals surface area contributed by atoms with Gasteiger partial charge in [-0.05, 0) is 31.7 Å². The van der Waals surface area contributed by atoms with E-state index in [1.165, 1.54) is 32.2 Å². The normalized spacial score (nSPS) is 20.1. The quantitative estimate of drug-likeness (QED) is 0.743. The summed E-state index contributed by atoms with van der Waals surface area (Å²) in [6, 6.07) is 0.549. The summed E-state index contributed by atoms with van der Waals surface area (Å²) >= 11 is 0.